The average Bonchev–Trinajstić information content (AvgIpc) is 3.26. The fourth-order valence-electron chi connectivity index (χ4n) is 4.46. The molecule has 0 saturated heterocycles. The van der Waals surface area contributed by atoms with Crippen LogP contribution < -0.4 is 10.6 Å². The molecular weight excluding hydrogens is 488 g/mol. The molecule has 3 aromatic carbocycles. The Labute approximate surface area is 220 Å². The maximum absolute atomic E-state index is 12.9. The van der Waals surface area contributed by atoms with Crippen LogP contribution in [0.1, 0.15) is 29.5 Å². The third kappa shape index (κ3) is 6.37. The third-order valence-corrected chi connectivity index (χ3v) is 6.48. The molecular formula is C29H30N2O7. The summed E-state index contributed by atoms with van der Waals surface area (Å²) in [5.41, 5.74) is 5.17. The lowest BCUT2D eigenvalue weighted by molar-refractivity contribution is -0.146. The van der Waals surface area contributed by atoms with Crippen LogP contribution in [0.15, 0.2) is 78.9 Å². The highest BCUT2D eigenvalue weighted by atomic mass is 16.5. The van der Waals surface area contributed by atoms with Crippen LogP contribution in [0.4, 0.5) is 4.79 Å². The number of fused-ring (bicyclic) bond motifs is 3. The Morgan fingerprint density at radius 2 is 1.47 bits per heavy atom. The van der Waals surface area contributed by atoms with E-state index in [4.69, 9.17) is 14.6 Å². The van der Waals surface area contributed by atoms with E-state index in [0.717, 1.165) is 27.8 Å². The lowest BCUT2D eigenvalue weighted by Crippen LogP contribution is -2.54. The smallest absolute Gasteiger partial charge is 0.407 e. The molecule has 0 spiro atoms. The van der Waals surface area contributed by atoms with E-state index in [2.05, 4.69) is 10.6 Å². The molecule has 4 N–H and O–H groups in total. The Bertz CT molecular complexity index is 1240. The van der Waals surface area contributed by atoms with Crippen molar-refractivity contribution < 1.29 is 34.1 Å². The van der Waals surface area contributed by atoms with Crippen molar-refractivity contribution in [2.24, 2.45) is 0 Å². The summed E-state index contributed by atoms with van der Waals surface area (Å²) in [5.74, 6) is -2.34. The van der Waals surface area contributed by atoms with E-state index in [1.807, 2.05) is 78.9 Å². The quantitative estimate of drug-likeness (QED) is 0.307. The monoisotopic (exact) mass is 518 g/mol. The standard InChI is InChI=1S/C29H30N2O7/c1-18(37-16-19-9-3-2-4-10-19)26(27(33)30-15-25(32)28(34)35)31-29(36)38-17-24-22-13-7-5-11-20(22)21-12-6-8-14-23(21)24/h2-14,18,24-26,32H,15-17H2,1H3,(H,30,33)(H,31,36)(H,34,35)/t18?,25-,26?/m0/s1. The number of amides is 2. The molecule has 1 aliphatic carbocycles. The molecule has 9 nitrogen and oxygen atoms in total. The number of aliphatic hydroxyl groups excluding tert-OH is 1. The molecule has 0 saturated carbocycles. The molecule has 38 heavy (non-hydrogen) atoms. The van der Waals surface area contributed by atoms with Gasteiger partial charge in [0.05, 0.1) is 19.3 Å². The first-order valence-corrected chi connectivity index (χ1v) is 12.3. The predicted octanol–water partition coefficient (Wildman–Crippen LogP) is 3.06. The molecule has 0 fully saturated rings. The highest BCUT2D eigenvalue weighted by Crippen LogP contribution is 2.44. The number of hydrogen-bond acceptors (Lipinski definition) is 6. The predicted molar refractivity (Wildman–Crippen MR) is 139 cm³/mol. The number of carboxylic acid groups (broad SMARTS) is 1. The number of benzene rings is 3. The van der Waals surface area contributed by atoms with Gasteiger partial charge in [-0.15, -0.1) is 0 Å². The first kappa shape index (κ1) is 26.8. The lowest BCUT2D eigenvalue weighted by Gasteiger charge is -2.25. The van der Waals surface area contributed by atoms with Gasteiger partial charge in [0.15, 0.2) is 6.10 Å². The van der Waals surface area contributed by atoms with Crippen molar-refractivity contribution >= 4 is 18.0 Å². The van der Waals surface area contributed by atoms with Gasteiger partial charge >= 0.3 is 12.1 Å². The molecule has 0 aromatic heterocycles. The van der Waals surface area contributed by atoms with Gasteiger partial charge in [0, 0.05) is 5.92 Å². The number of carbonyl (C=O) groups is 3. The molecule has 0 aliphatic heterocycles. The number of hydrogen-bond donors (Lipinski definition) is 4. The Morgan fingerprint density at radius 3 is 2.08 bits per heavy atom. The SMILES string of the molecule is CC(OCc1ccccc1)C(NC(=O)OCC1c2ccccc2-c2ccccc21)C(=O)NC[C@H](O)C(=O)O. The zero-order valence-electron chi connectivity index (χ0n) is 20.9. The fraction of sp³-hybridized carbons (Fsp3) is 0.276. The molecule has 0 radical (unpaired) electrons. The number of aliphatic hydroxyl groups is 1. The molecule has 3 aromatic rings. The van der Waals surface area contributed by atoms with Crippen LogP contribution in [-0.2, 0) is 25.7 Å². The van der Waals surface area contributed by atoms with Gasteiger partial charge in [0.1, 0.15) is 12.6 Å². The largest absolute Gasteiger partial charge is 0.479 e. The van der Waals surface area contributed by atoms with Crippen molar-refractivity contribution in [3.05, 3.63) is 95.6 Å². The summed E-state index contributed by atoms with van der Waals surface area (Å²) in [6.07, 6.45) is -3.40. The van der Waals surface area contributed by atoms with Gasteiger partial charge in [-0.25, -0.2) is 9.59 Å². The molecule has 1 aliphatic rings. The number of ether oxygens (including phenoxy) is 2. The Morgan fingerprint density at radius 1 is 0.895 bits per heavy atom. The van der Waals surface area contributed by atoms with E-state index < -0.39 is 42.8 Å². The van der Waals surface area contributed by atoms with Crippen LogP contribution in [0.5, 0.6) is 0 Å². The maximum Gasteiger partial charge on any atom is 0.407 e. The zero-order chi connectivity index (χ0) is 27.1. The Hall–Kier alpha value is -4.21. The summed E-state index contributed by atoms with van der Waals surface area (Å²) in [6.45, 7) is 1.34. The van der Waals surface area contributed by atoms with Crippen molar-refractivity contribution in [1.82, 2.24) is 10.6 Å². The normalized spacial score (nSPS) is 14.5. The van der Waals surface area contributed by atoms with Crippen LogP contribution in [0.25, 0.3) is 11.1 Å². The van der Waals surface area contributed by atoms with E-state index in [9.17, 15) is 19.5 Å². The van der Waals surface area contributed by atoms with Gasteiger partial charge < -0.3 is 30.3 Å². The van der Waals surface area contributed by atoms with Crippen molar-refractivity contribution in [1.29, 1.82) is 0 Å². The topological polar surface area (TPSA) is 134 Å². The molecule has 0 heterocycles. The second-order valence-electron chi connectivity index (χ2n) is 9.05. The van der Waals surface area contributed by atoms with Gasteiger partial charge in [-0.05, 0) is 34.7 Å². The highest BCUT2D eigenvalue weighted by molar-refractivity contribution is 5.87. The van der Waals surface area contributed by atoms with E-state index >= 15 is 0 Å². The van der Waals surface area contributed by atoms with Crippen LogP contribution in [0.3, 0.4) is 0 Å². The van der Waals surface area contributed by atoms with Gasteiger partial charge in [0.25, 0.3) is 0 Å². The Balaban J connectivity index is 1.42. The van der Waals surface area contributed by atoms with Gasteiger partial charge in [0.2, 0.25) is 5.91 Å². The van der Waals surface area contributed by atoms with Crippen LogP contribution in [0.2, 0.25) is 0 Å². The summed E-state index contributed by atoms with van der Waals surface area (Å²) in [5, 5.41) is 23.3. The number of carboxylic acids is 1. The number of rotatable bonds is 11. The second-order valence-corrected chi connectivity index (χ2v) is 9.05. The first-order valence-electron chi connectivity index (χ1n) is 12.3. The summed E-state index contributed by atoms with van der Waals surface area (Å²) in [7, 11) is 0. The molecule has 2 unspecified atom stereocenters. The van der Waals surface area contributed by atoms with Gasteiger partial charge in [-0.3, -0.25) is 4.79 Å². The minimum absolute atomic E-state index is 0.0607. The van der Waals surface area contributed by atoms with Crippen LogP contribution >= 0.6 is 0 Å². The van der Waals surface area contributed by atoms with Crippen LogP contribution in [0, 0.1) is 0 Å². The molecule has 4 rings (SSSR count). The fourth-order valence-corrected chi connectivity index (χ4v) is 4.46. The molecule has 9 heteroatoms. The van der Waals surface area contributed by atoms with E-state index in [0.29, 0.717) is 0 Å². The number of alkyl carbamates (subject to hydrolysis) is 1. The first-order chi connectivity index (χ1) is 18.3. The number of nitrogens with one attached hydrogen (secondary N) is 2. The summed E-state index contributed by atoms with van der Waals surface area (Å²) >= 11 is 0. The molecule has 3 atom stereocenters. The number of carbonyl (C=O) groups excluding carboxylic acids is 2. The minimum atomic E-state index is -1.78. The van der Waals surface area contributed by atoms with Gasteiger partial charge in [-0.2, -0.15) is 0 Å². The summed E-state index contributed by atoms with van der Waals surface area (Å²) < 4.78 is 11.4. The second kappa shape index (κ2) is 12.4. The van der Waals surface area contributed by atoms with Crippen molar-refractivity contribution in [3.8, 4) is 11.1 Å². The summed E-state index contributed by atoms with van der Waals surface area (Å²) in [6, 6.07) is 24.0. The van der Waals surface area contributed by atoms with Crippen molar-refractivity contribution in [2.45, 2.75) is 37.7 Å². The minimum Gasteiger partial charge on any atom is -0.479 e. The van der Waals surface area contributed by atoms with E-state index in [1.165, 1.54) is 0 Å². The van der Waals surface area contributed by atoms with Crippen LogP contribution in [-0.4, -0.2) is 59.6 Å². The van der Waals surface area contributed by atoms with Crippen molar-refractivity contribution in [3.63, 3.8) is 0 Å². The third-order valence-electron chi connectivity index (χ3n) is 6.48. The highest BCUT2D eigenvalue weighted by Gasteiger charge is 2.32. The molecule has 2 amide bonds. The van der Waals surface area contributed by atoms with Crippen molar-refractivity contribution in [2.75, 3.05) is 13.2 Å². The van der Waals surface area contributed by atoms with E-state index in [1.54, 1.807) is 6.92 Å². The lowest BCUT2D eigenvalue weighted by atomic mass is 9.98. The van der Waals surface area contributed by atoms with E-state index in [-0.39, 0.29) is 19.1 Å². The summed E-state index contributed by atoms with van der Waals surface area (Å²) in [4.78, 5) is 36.7. The zero-order valence-corrected chi connectivity index (χ0v) is 20.9. The van der Waals surface area contributed by atoms with Gasteiger partial charge in [-0.1, -0.05) is 78.9 Å². The number of aliphatic carboxylic acids is 1. The maximum atomic E-state index is 12.9. The molecule has 0 bridgehead atoms. The Kier molecular flexibility index (Phi) is 8.73. The molecule has 198 valence electrons. The average molecular weight is 519 g/mol.